The van der Waals surface area contributed by atoms with Crippen LogP contribution in [-0.2, 0) is 20.8 Å². The van der Waals surface area contributed by atoms with Gasteiger partial charge < -0.3 is 5.32 Å². The molecule has 0 fully saturated rings. The zero-order chi connectivity index (χ0) is 16.0. The number of rotatable bonds is 8. The summed E-state index contributed by atoms with van der Waals surface area (Å²) in [4.78, 5) is 10.0. The molecule has 1 aromatic rings. The van der Waals surface area contributed by atoms with Gasteiger partial charge in [0.15, 0.2) is 0 Å². The van der Waals surface area contributed by atoms with Gasteiger partial charge in [0.1, 0.15) is 4.90 Å². The molecule has 0 saturated carbocycles. The number of nitro groups is 1. The number of anilines is 1. The number of sulfonamides is 1. The summed E-state index contributed by atoms with van der Waals surface area (Å²) in [6, 6.07) is 3.45. The van der Waals surface area contributed by atoms with Gasteiger partial charge in [0, 0.05) is 48.0 Å². The normalized spacial score (nSPS) is 12.9. The van der Waals surface area contributed by atoms with Crippen LogP contribution < -0.4 is 10.0 Å². The second-order valence-corrected chi connectivity index (χ2v) is 7.62. The molecule has 0 aliphatic rings. The van der Waals surface area contributed by atoms with Crippen molar-refractivity contribution < 1.29 is 17.6 Å². The number of nitrogens with zero attached hydrogens (tertiary/aromatic N) is 1. The molecule has 8 nitrogen and oxygen atoms in total. The Morgan fingerprint density at radius 1 is 1.38 bits per heavy atom. The molecule has 0 spiro atoms. The van der Waals surface area contributed by atoms with Crippen molar-refractivity contribution in [1.29, 1.82) is 0 Å². The highest BCUT2D eigenvalue weighted by atomic mass is 32.2. The molecule has 118 valence electrons. The van der Waals surface area contributed by atoms with E-state index in [1.807, 2.05) is 0 Å². The third-order valence-electron chi connectivity index (χ3n) is 2.68. The van der Waals surface area contributed by atoms with Crippen molar-refractivity contribution in [3.8, 4) is 0 Å². The zero-order valence-corrected chi connectivity index (χ0v) is 13.3. The van der Waals surface area contributed by atoms with Gasteiger partial charge in [-0.05, 0) is 6.07 Å². The first-order valence-corrected chi connectivity index (χ1v) is 9.09. The Hall–Kier alpha value is -1.52. The van der Waals surface area contributed by atoms with E-state index in [4.69, 9.17) is 0 Å². The Balaban J connectivity index is 2.97. The third kappa shape index (κ3) is 4.76. The van der Waals surface area contributed by atoms with Gasteiger partial charge in [0.25, 0.3) is 5.69 Å². The molecule has 1 aromatic carbocycles. The van der Waals surface area contributed by atoms with Gasteiger partial charge in [0.05, 0.1) is 10.6 Å². The molecule has 1 rings (SSSR count). The average molecular weight is 335 g/mol. The summed E-state index contributed by atoms with van der Waals surface area (Å²) in [5.74, 6) is 0.679. The van der Waals surface area contributed by atoms with Gasteiger partial charge in [0.2, 0.25) is 10.0 Å². The number of non-ortho nitro benzene ring substituents is 1. The Morgan fingerprint density at radius 2 is 2.05 bits per heavy atom. The fourth-order valence-corrected chi connectivity index (χ4v) is 3.54. The lowest BCUT2D eigenvalue weighted by molar-refractivity contribution is -0.384. The van der Waals surface area contributed by atoms with Gasteiger partial charge >= 0.3 is 0 Å². The predicted molar refractivity (Wildman–Crippen MR) is 81.4 cm³/mol. The van der Waals surface area contributed by atoms with Crippen LogP contribution in [0.3, 0.4) is 0 Å². The van der Waals surface area contributed by atoms with Crippen molar-refractivity contribution in [2.24, 2.45) is 0 Å². The molecule has 1 atom stereocenters. The largest absolute Gasteiger partial charge is 0.387 e. The second-order valence-electron chi connectivity index (χ2n) is 4.02. The van der Waals surface area contributed by atoms with E-state index in [1.54, 1.807) is 6.92 Å². The van der Waals surface area contributed by atoms with E-state index >= 15 is 0 Å². The molecule has 0 amide bonds. The van der Waals surface area contributed by atoms with E-state index in [-0.39, 0.29) is 28.6 Å². The van der Waals surface area contributed by atoms with Crippen molar-refractivity contribution in [2.45, 2.75) is 11.8 Å². The average Bonchev–Trinajstić information content (AvgIpc) is 2.45. The van der Waals surface area contributed by atoms with Crippen LogP contribution in [0.15, 0.2) is 23.1 Å². The zero-order valence-electron chi connectivity index (χ0n) is 11.7. The maximum atomic E-state index is 12.1. The highest BCUT2D eigenvalue weighted by molar-refractivity contribution is 7.89. The van der Waals surface area contributed by atoms with E-state index in [0.717, 1.165) is 12.1 Å². The van der Waals surface area contributed by atoms with E-state index in [0.29, 0.717) is 5.75 Å². The first-order chi connectivity index (χ1) is 9.81. The second kappa shape index (κ2) is 7.48. The molecule has 0 radical (unpaired) electrons. The first-order valence-electron chi connectivity index (χ1n) is 6.12. The maximum absolute atomic E-state index is 12.1. The number of hydrogen-bond acceptors (Lipinski definition) is 6. The molecule has 0 bridgehead atoms. The minimum atomic E-state index is -3.82. The number of benzene rings is 1. The standard InChI is InChI=1S/C11H17N3O5S2/c1-3-20(17)7-6-13-21(18,19)11-5-4-9(14(15)16)8-10(11)12-2/h4-5,8,12-13H,3,6-7H2,1-2H3. The minimum Gasteiger partial charge on any atom is -0.387 e. The maximum Gasteiger partial charge on any atom is 0.271 e. The lowest BCUT2D eigenvalue weighted by atomic mass is 10.3. The minimum absolute atomic E-state index is 0.0446. The van der Waals surface area contributed by atoms with Crippen LogP contribution in [-0.4, -0.2) is 42.6 Å². The van der Waals surface area contributed by atoms with Crippen molar-refractivity contribution in [3.63, 3.8) is 0 Å². The number of hydrogen-bond donors (Lipinski definition) is 2. The molecule has 21 heavy (non-hydrogen) atoms. The van der Waals surface area contributed by atoms with E-state index in [9.17, 15) is 22.7 Å². The smallest absolute Gasteiger partial charge is 0.271 e. The highest BCUT2D eigenvalue weighted by Gasteiger charge is 2.20. The van der Waals surface area contributed by atoms with Crippen LogP contribution in [0.2, 0.25) is 0 Å². The molecule has 10 heteroatoms. The molecule has 0 heterocycles. The summed E-state index contributed by atoms with van der Waals surface area (Å²) >= 11 is 0. The van der Waals surface area contributed by atoms with Gasteiger partial charge in [-0.15, -0.1) is 0 Å². The molecule has 0 aromatic heterocycles. The summed E-state index contributed by atoms with van der Waals surface area (Å²) in [5, 5.41) is 13.3. The van der Waals surface area contributed by atoms with Crippen LogP contribution in [0.5, 0.6) is 0 Å². The Kier molecular flexibility index (Phi) is 6.24. The molecule has 1 unspecified atom stereocenters. The fraction of sp³-hybridized carbons (Fsp3) is 0.455. The summed E-state index contributed by atoms with van der Waals surface area (Å²) in [6.45, 7) is 1.79. The van der Waals surface area contributed by atoms with Crippen LogP contribution in [0.1, 0.15) is 6.92 Å². The Labute approximate surface area is 125 Å². The molecule has 0 aliphatic carbocycles. The summed E-state index contributed by atoms with van der Waals surface area (Å²) in [7, 11) is -3.41. The summed E-state index contributed by atoms with van der Waals surface area (Å²) in [6.07, 6.45) is 0. The third-order valence-corrected chi connectivity index (χ3v) is 5.50. The Morgan fingerprint density at radius 3 is 2.57 bits per heavy atom. The number of nitro benzene ring substituents is 1. The van der Waals surface area contributed by atoms with Crippen molar-refractivity contribution in [3.05, 3.63) is 28.3 Å². The van der Waals surface area contributed by atoms with Crippen LogP contribution in [0, 0.1) is 10.1 Å². The molecular formula is C11H17N3O5S2. The highest BCUT2D eigenvalue weighted by Crippen LogP contribution is 2.25. The lowest BCUT2D eigenvalue weighted by Gasteiger charge is -2.11. The van der Waals surface area contributed by atoms with Gasteiger partial charge in [-0.1, -0.05) is 6.92 Å². The topological polar surface area (TPSA) is 118 Å². The van der Waals surface area contributed by atoms with Crippen molar-refractivity contribution in [1.82, 2.24) is 4.72 Å². The monoisotopic (exact) mass is 335 g/mol. The van der Waals surface area contributed by atoms with Crippen molar-refractivity contribution in [2.75, 3.05) is 30.4 Å². The molecule has 2 N–H and O–H groups in total. The molecule has 0 saturated heterocycles. The van der Waals surface area contributed by atoms with E-state index < -0.39 is 25.7 Å². The molecule has 0 aliphatic heterocycles. The number of nitrogens with one attached hydrogen (secondary N) is 2. The van der Waals surface area contributed by atoms with Crippen LogP contribution in [0.4, 0.5) is 11.4 Å². The van der Waals surface area contributed by atoms with Gasteiger partial charge in [-0.3, -0.25) is 14.3 Å². The Bertz CT molecular complexity index is 645. The predicted octanol–water partition coefficient (Wildman–Crippen LogP) is 0.683. The van der Waals surface area contributed by atoms with E-state index in [2.05, 4.69) is 10.0 Å². The van der Waals surface area contributed by atoms with Crippen LogP contribution >= 0.6 is 0 Å². The SMILES string of the molecule is CCS(=O)CCNS(=O)(=O)c1ccc([N+](=O)[O-])cc1NC. The first kappa shape index (κ1) is 17.5. The van der Waals surface area contributed by atoms with Gasteiger partial charge in [-0.25, -0.2) is 13.1 Å². The van der Waals surface area contributed by atoms with Gasteiger partial charge in [-0.2, -0.15) is 0 Å². The quantitative estimate of drug-likeness (QED) is 0.533. The lowest BCUT2D eigenvalue weighted by Crippen LogP contribution is -2.28. The van der Waals surface area contributed by atoms with Crippen molar-refractivity contribution >= 4 is 32.2 Å². The molecular weight excluding hydrogens is 318 g/mol. The fourth-order valence-electron chi connectivity index (χ4n) is 1.57. The summed E-state index contributed by atoms with van der Waals surface area (Å²) < 4.78 is 37.9. The van der Waals surface area contributed by atoms with E-state index in [1.165, 1.54) is 13.1 Å². The van der Waals surface area contributed by atoms with Crippen LogP contribution in [0.25, 0.3) is 0 Å². The summed E-state index contributed by atoms with van der Waals surface area (Å²) in [5.41, 5.74) is -0.0706.